The lowest BCUT2D eigenvalue weighted by Crippen LogP contribution is -2.69. The number of hydrogen-bond donors (Lipinski definition) is 3. The van der Waals surface area contributed by atoms with E-state index in [1.54, 1.807) is 0 Å². The van der Waals surface area contributed by atoms with Gasteiger partial charge in [-0.15, -0.1) is 0 Å². The Morgan fingerprint density at radius 1 is 1.00 bits per heavy atom. The number of aliphatic carboxylic acids is 1. The van der Waals surface area contributed by atoms with Gasteiger partial charge >= 0.3 is 5.97 Å². The summed E-state index contributed by atoms with van der Waals surface area (Å²) in [4.78, 5) is 25.7. The van der Waals surface area contributed by atoms with Crippen LogP contribution in [0.3, 0.4) is 0 Å². The number of hydrogen-bond acceptors (Lipinski definition) is 4. The van der Waals surface area contributed by atoms with E-state index >= 15 is 0 Å². The Balaban J connectivity index is 1.60. The molecule has 3 N–H and O–H groups in total. The number of carbonyl (C=O) groups is 2. The minimum absolute atomic E-state index is 0.0109. The average Bonchev–Trinajstić information content (AvgIpc) is 3.17. The number of fused-ring (bicyclic) bond motifs is 7. The lowest BCUT2D eigenvalue weighted by Gasteiger charge is -2.72. The molecule has 5 aliphatic rings. The fraction of sp³-hybridized carbons (Fsp3) is 0.867. The molecule has 0 aromatic carbocycles. The van der Waals surface area contributed by atoms with Crippen LogP contribution >= 0.6 is 0 Å². The van der Waals surface area contributed by atoms with E-state index in [0.29, 0.717) is 31.6 Å². The second kappa shape index (κ2) is 7.66. The SMILES string of the molecule is C=C(CO)[C@@H]1CC[C@]2(C(=O)O)CC[C@]3(C)[C@H](CC[C@@H]4[C@@]5(C)CCC(=O)C(C)(C)[C@@H]5[C@H](O)C[C@]43C)[C@@H]12. The van der Waals surface area contributed by atoms with E-state index in [0.717, 1.165) is 37.7 Å². The van der Waals surface area contributed by atoms with Crippen LogP contribution in [0.1, 0.15) is 92.4 Å². The Bertz CT molecular complexity index is 954. The van der Waals surface area contributed by atoms with Crippen LogP contribution in [0.25, 0.3) is 0 Å². The van der Waals surface area contributed by atoms with Gasteiger partial charge in [0.25, 0.3) is 0 Å². The molecule has 0 spiro atoms. The molecule has 5 aliphatic carbocycles. The van der Waals surface area contributed by atoms with E-state index < -0.39 is 22.9 Å². The third kappa shape index (κ3) is 2.94. The first-order chi connectivity index (χ1) is 16.2. The number of carboxylic acid groups (broad SMARTS) is 1. The summed E-state index contributed by atoms with van der Waals surface area (Å²) in [6.07, 6.45) is 6.56. The fourth-order valence-electron chi connectivity index (χ4n) is 11.5. The number of rotatable bonds is 3. The second-order valence-electron chi connectivity index (χ2n) is 14.4. The van der Waals surface area contributed by atoms with Gasteiger partial charge in [-0.05, 0) is 96.9 Å². The van der Waals surface area contributed by atoms with E-state index in [2.05, 4.69) is 27.4 Å². The van der Waals surface area contributed by atoms with Crippen molar-refractivity contribution in [3.63, 3.8) is 0 Å². The Labute approximate surface area is 210 Å². The number of ketones is 1. The molecule has 0 aromatic heterocycles. The monoisotopic (exact) mass is 486 g/mol. The van der Waals surface area contributed by atoms with Gasteiger partial charge in [-0.2, -0.15) is 0 Å². The van der Waals surface area contributed by atoms with Crippen molar-refractivity contribution in [1.29, 1.82) is 0 Å². The van der Waals surface area contributed by atoms with Crippen molar-refractivity contribution in [3.8, 4) is 0 Å². The Morgan fingerprint density at radius 3 is 2.31 bits per heavy atom. The van der Waals surface area contributed by atoms with Gasteiger partial charge in [-0.1, -0.05) is 41.2 Å². The zero-order valence-electron chi connectivity index (χ0n) is 22.4. The molecule has 0 radical (unpaired) electrons. The van der Waals surface area contributed by atoms with Crippen molar-refractivity contribution < 1.29 is 24.9 Å². The molecule has 0 aliphatic heterocycles. The number of carbonyl (C=O) groups excluding carboxylic acids is 1. The topological polar surface area (TPSA) is 94.8 Å². The number of aliphatic hydroxyl groups excluding tert-OH is 2. The highest BCUT2D eigenvalue weighted by molar-refractivity contribution is 5.85. The molecule has 5 saturated carbocycles. The summed E-state index contributed by atoms with van der Waals surface area (Å²) in [7, 11) is 0. The Kier molecular flexibility index (Phi) is 5.57. The van der Waals surface area contributed by atoms with Gasteiger partial charge in [0.15, 0.2) is 0 Å². The van der Waals surface area contributed by atoms with Crippen molar-refractivity contribution in [2.45, 2.75) is 98.5 Å². The van der Waals surface area contributed by atoms with Gasteiger partial charge in [-0.3, -0.25) is 9.59 Å². The van der Waals surface area contributed by atoms with Crippen LogP contribution in [0, 0.1) is 56.7 Å². The van der Waals surface area contributed by atoms with Gasteiger partial charge in [-0.25, -0.2) is 0 Å². The van der Waals surface area contributed by atoms with Crippen molar-refractivity contribution in [2.75, 3.05) is 6.61 Å². The van der Waals surface area contributed by atoms with E-state index in [4.69, 9.17) is 0 Å². The molecular weight excluding hydrogens is 440 g/mol. The fourth-order valence-corrected chi connectivity index (χ4v) is 11.5. The van der Waals surface area contributed by atoms with Crippen LogP contribution in [0.5, 0.6) is 0 Å². The minimum atomic E-state index is -0.727. The summed E-state index contributed by atoms with van der Waals surface area (Å²) < 4.78 is 0. The molecule has 0 unspecified atom stereocenters. The molecule has 0 heterocycles. The van der Waals surface area contributed by atoms with Gasteiger partial charge in [0.2, 0.25) is 0 Å². The molecule has 5 nitrogen and oxygen atoms in total. The van der Waals surface area contributed by atoms with Gasteiger partial charge < -0.3 is 15.3 Å². The third-order valence-electron chi connectivity index (χ3n) is 13.2. The first kappa shape index (κ1) is 25.4. The van der Waals surface area contributed by atoms with Crippen molar-refractivity contribution >= 4 is 11.8 Å². The van der Waals surface area contributed by atoms with Crippen LogP contribution in [0.2, 0.25) is 0 Å². The number of carboxylic acids is 1. The normalized spacial score (nSPS) is 52.6. The molecule has 10 atom stereocenters. The lowest BCUT2D eigenvalue weighted by molar-refractivity contribution is -0.259. The molecule has 5 fully saturated rings. The van der Waals surface area contributed by atoms with Gasteiger partial charge in [0, 0.05) is 17.8 Å². The summed E-state index contributed by atoms with van der Waals surface area (Å²) in [5.41, 5.74) is -0.796. The highest BCUT2D eigenvalue weighted by Crippen LogP contribution is 2.77. The quantitative estimate of drug-likeness (QED) is 0.474. The molecule has 0 bridgehead atoms. The highest BCUT2D eigenvalue weighted by Gasteiger charge is 2.73. The van der Waals surface area contributed by atoms with Crippen LogP contribution < -0.4 is 0 Å². The van der Waals surface area contributed by atoms with Gasteiger partial charge in [0.05, 0.1) is 18.1 Å². The second-order valence-corrected chi connectivity index (χ2v) is 14.4. The first-order valence-electron chi connectivity index (χ1n) is 13.9. The lowest BCUT2D eigenvalue weighted by atomic mass is 9.32. The van der Waals surface area contributed by atoms with Crippen molar-refractivity contribution in [3.05, 3.63) is 12.2 Å². The number of Topliss-reactive ketones (excluding diaryl/α,β-unsaturated/α-hetero) is 1. The molecule has 196 valence electrons. The largest absolute Gasteiger partial charge is 0.481 e. The molecule has 5 heteroatoms. The maximum atomic E-state index is 12.9. The van der Waals surface area contributed by atoms with Crippen molar-refractivity contribution in [2.24, 2.45) is 56.7 Å². The molecule has 0 amide bonds. The molecule has 35 heavy (non-hydrogen) atoms. The third-order valence-corrected chi connectivity index (χ3v) is 13.2. The van der Waals surface area contributed by atoms with E-state index in [1.165, 1.54) is 0 Å². The van der Waals surface area contributed by atoms with Crippen LogP contribution in [0.4, 0.5) is 0 Å². The Hall–Kier alpha value is -1.20. The molecule has 0 saturated heterocycles. The molecular formula is C30H46O5. The summed E-state index contributed by atoms with van der Waals surface area (Å²) in [5, 5.41) is 32.2. The standard InChI is InChI=1S/C30H46O5/c1-17(16-31)18-9-12-30(25(34)35)14-13-28(5)19(23(18)30)7-8-21-27(4)11-10-22(33)26(2,3)24(27)20(32)15-29(21,28)6/h18-21,23-24,31-32H,1,7-16H2,2-6H3,(H,34,35)/t18-,19+,20+,21+,23+,24-,27+,28+,29+,30-/m0/s1. The van der Waals surface area contributed by atoms with Crippen LogP contribution in [-0.4, -0.2) is 39.8 Å². The highest BCUT2D eigenvalue weighted by atomic mass is 16.4. The van der Waals surface area contributed by atoms with E-state index in [9.17, 15) is 24.9 Å². The van der Waals surface area contributed by atoms with E-state index in [-0.39, 0.29) is 52.3 Å². The van der Waals surface area contributed by atoms with Crippen LogP contribution in [-0.2, 0) is 9.59 Å². The first-order valence-corrected chi connectivity index (χ1v) is 13.9. The zero-order chi connectivity index (χ0) is 25.8. The van der Waals surface area contributed by atoms with E-state index in [1.807, 2.05) is 13.8 Å². The predicted molar refractivity (Wildman–Crippen MR) is 134 cm³/mol. The van der Waals surface area contributed by atoms with Crippen molar-refractivity contribution in [1.82, 2.24) is 0 Å². The average molecular weight is 487 g/mol. The summed E-state index contributed by atoms with van der Waals surface area (Å²) in [6, 6.07) is 0. The zero-order valence-corrected chi connectivity index (χ0v) is 22.4. The number of aliphatic hydroxyl groups is 2. The predicted octanol–water partition coefficient (Wildman–Crippen LogP) is 5.24. The maximum absolute atomic E-state index is 12.9. The molecule has 0 aromatic rings. The Morgan fingerprint density at radius 2 is 1.69 bits per heavy atom. The van der Waals surface area contributed by atoms with Crippen LogP contribution in [0.15, 0.2) is 12.2 Å². The maximum Gasteiger partial charge on any atom is 0.309 e. The smallest absolute Gasteiger partial charge is 0.309 e. The summed E-state index contributed by atoms with van der Waals surface area (Å²) in [6.45, 7) is 15.3. The molecule has 5 rings (SSSR count). The minimum Gasteiger partial charge on any atom is -0.481 e. The summed E-state index contributed by atoms with van der Waals surface area (Å²) >= 11 is 0. The summed E-state index contributed by atoms with van der Waals surface area (Å²) in [5.74, 6) is 0.234. The van der Waals surface area contributed by atoms with Gasteiger partial charge in [0.1, 0.15) is 5.78 Å².